The molecule has 6 nitrogen and oxygen atoms in total. The van der Waals surface area contributed by atoms with Gasteiger partial charge in [-0.15, -0.1) is 0 Å². The van der Waals surface area contributed by atoms with Crippen molar-refractivity contribution in [3.05, 3.63) is 58.6 Å². The van der Waals surface area contributed by atoms with Crippen LogP contribution in [-0.2, 0) is 9.78 Å². The maximum Gasteiger partial charge on any atom is 0.253 e. The fourth-order valence-corrected chi connectivity index (χ4v) is 2.26. The van der Waals surface area contributed by atoms with Crippen molar-refractivity contribution in [3.63, 3.8) is 0 Å². The van der Waals surface area contributed by atoms with E-state index in [4.69, 9.17) is 30.8 Å². The molecule has 0 aliphatic rings. The van der Waals surface area contributed by atoms with E-state index in [0.717, 1.165) is 0 Å². The van der Waals surface area contributed by atoms with Crippen molar-refractivity contribution >= 4 is 17.5 Å². The fourth-order valence-electron chi connectivity index (χ4n) is 2.13. The van der Waals surface area contributed by atoms with Gasteiger partial charge in [0.15, 0.2) is 6.23 Å². The zero-order valence-electron chi connectivity index (χ0n) is 16.0. The maximum absolute atomic E-state index is 12.8. The van der Waals surface area contributed by atoms with Crippen LogP contribution in [0, 0.1) is 0 Å². The number of carbonyl (C=O) groups excluding carboxylic acids is 1. The van der Waals surface area contributed by atoms with Crippen LogP contribution >= 0.6 is 11.6 Å². The quantitative estimate of drug-likeness (QED) is 0.425. The van der Waals surface area contributed by atoms with Gasteiger partial charge in [-0.25, -0.2) is 9.78 Å². The lowest BCUT2D eigenvalue weighted by Crippen LogP contribution is -2.33. The van der Waals surface area contributed by atoms with E-state index in [2.05, 4.69) is 5.32 Å². The van der Waals surface area contributed by atoms with Crippen LogP contribution in [0.1, 0.15) is 42.9 Å². The van der Waals surface area contributed by atoms with E-state index in [1.807, 2.05) is 20.8 Å². The van der Waals surface area contributed by atoms with Crippen molar-refractivity contribution < 1.29 is 24.0 Å². The van der Waals surface area contributed by atoms with Crippen LogP contribution in [0.5, 0.6) is 11.5 Å². The lowest BCUT2D eigenvalue weighted by molar-refractivity contribution is -0.379. The molecule has 0 heterocycles. The number of ether oxygens (including phenoxy) is 2. The SMILES string of the molecule is COc1cc(OC)cc(C(=O)N[C@H](OOC(C)(C)C)c2ccc(Cl)cc2)c1. The van der Waals surface area contributed by atoms with Gasteiger partial charge >= 0.3 is 0 Å². The normalized spacial score (nSPS) is 12.4. The molecule has 0 aliphatic carbocycles. The van der Waals surface area contributed by atoms with Crippen molar-refractivity contribution in [1.29, 1.82) is 0 Å². The molecular formula is C20H24ClNO5. The second kappa shape index (κ2) is 9.08. The molecule has 0 aromatic heterocycles. The van der Waals surface area contributed by atoms with Crippen molar-refractivity contribution in [2.45, 2.75) is 32.6 Å². The van der Waals surface area contributed by atoms with Gasteiger partial charge in [0.2, 0.25) is 0 Å². The zero-order chi connectivity index (χ0) is 20.0. The van der Waals surface area contributed by atoms with Gasteiger partial charge in [0.05, 0.1) is 19.8 Å². The minimum Gasteiger partial charge on any atom is -0.497 e. The number of hydrogen-bond donors (Lipinski definition) is 1. The minimum atomic E-state index is -0.828. The topological polar surface area (TPSA) is 66.0 Å². The first-order valence-electron chi connectivity index (χ1n) is 8.36. The third kappa shape index (κ3) is 6.43. The average molecular weight is 394 g/mol. The number of halogens is 1. The largest absolute Gasteiger partial charge is 0.497 e. The summed E-state index contributed by atoms with van der Waals surface area (Å²) in [5.74, 6) is 0.647. The molecule has 27 heavy (non-hydrogen) atoms. The number of rotatable bonds is 7. The van der Waals surface area contributed by atoms with Crippen molar-refractivity contribution in [2.75, 3.05) is 14.2 Å². The number of amides is 1. The van der Waals surface area contributed by atoms with E-state index in [1.54, 1.807) is 42.5 Å². The average Bonchev–Trinajstić information content (AvgIpc) is 2.64. The van der Waals surface area contributed by atoms with Crippen LogP contribution in [0.15, 0.2) is 42.5 Å². The summed E-state index contributed by atoms with van der Waals surface area (Å²) in [5, 5.41) is 3.39. The molecule has 2 aromatic carbocycles. The van der Waals surface area contributed by atoms with E-state index in [9.17, 15) is 4.79 Å². The first kappa shape index (κ1) is 21.0. The number of hydrogen-bond acceptors (Lipinski definition) is 5. The Kier molecular flexibility index (Phi) is 7.07. The van der Waals surface area contributed by atoms with E-state index in [0.29, 0.717) is 27.6 Å². The molecule has 1 N–H and O–H groups in total. The lowest BCUT2D eigenvalue weighted by Gasteiger charge is -2.24. The molecule has 2 rings (SSSR count). The molecule has 0 saturated heterocycles. The first-order valence-corrected chi connectivity index (χ1v) is 8.73. The predicted molar refractivity (Wildman–Crippen MR) is 103 cm³/mol. The van der Waals surface area contributed by atoms with E-state index < -0.39 is 11.8 Å². The summed E-state index contributed by atoms with van der Waals surface area (Å²) in [4.78, 5) is 23.7. The molecule has 7 heteroatoms. The number of nitrogens with one attached hydrogen (secondary N) is 1. The van der Waals surface area contributed by atoms with E-state index >= 15 is 0 Å². The lowest BCUT2D eigenvalue weighted by atomic mass is 10.1. The molecule has 0 saturated carbocycles. The molecule has 0 spiro atoms. The Morgan fingerprint density at radius 3 is 2.04 bits per heavy atom. The van der Waals surface area contributed by atoms with Crippen LogP contribution in [-0.4, -0.2) is 25.7 Å². The summed E-state index contributed by atoms with van der Waals surface area (Å²) in [6.45, 7) is 5.54. The number of benzene rings is 2. The second-order valence-electron chi connectivity index (χ2n) is 6.80. The van der Waals surface area contributed by atoms with E-state index in [1.165, 1.54) is 14.2 Å². The third-order valence-corrected chi connectivity index (χ3v) is 3.69. The van der Waals surface area contributed by atoms with Crippen LogP contribution < -0.4 is 14.8 Å². The molecule has 0 aliphatic heterocycles. The Balaban J connectivity index is 2.25. The monoisotopic (exact) mass is 393 g/mol. The van der Waals surface area contributed by atoms with Crippen LogP contribution in [0.25, 0.3) is 0 Å². The highest BCUT2D eigenvalue weighted by Crippen LogP contribution is 2.25. The molecule has 0 fully saturated rings. The highest BCUT2D eigenvalue weighted by Gasteiger charge is 2.22. The van der Waals surface area contributed by atoms with Crippen LogP contribution in [0.4, 0.5) is 0 Å². The van der Waals surface area contributed by atoms with Crippen LogP contribution in [0.2, 0.25) is 5.02 Å². The predicted octanol–water partition coefficient (Wildman–Crippen LogP) is 4.53. The summed E-state index contributed by atoms with van der Waals surface area (Å²) in [5.41, 5.74) is 0.505. The van der Waals surface area contributed by atoms with E-state index in [-0.39, 0.29) is 5.91 Å². The Morgan fingerprint density at radius 1 is 1.00 bits per heavy atom. The van der Waals surface area contributed by atoms with Gasteiger partial charge in [-0.1, -0.05) is 23.7 Å². The Bertz CT molecular complexity index is 749. The van der Waals surface area contributed by atoms with Gasteiger partial charge in [-0.3, -0.25) is 4.79 Å². The summed E-state index contributed by atoms with van der Waals surface area (Å²) < 4.78 is 10.4. The smallest absolute Gasteiger partial charge is 0.253 e. The Hall–Kier alpha value is -2.28. The fraction of sp³-hybridized carbons (Fsp3) is 0.350. The molecule has 0 radical (unpaired) electrons. The van der Waals surface area contributed by atoms with Gasteiger partial charge in [0, 0.05) is 22.2 Å². The maximum atomic E-state index is 12.8. The van der Waals surface area contributed by atoms with Gasteiger partial charge in [0.25, 0.3) is 5.91 Å². The highest BCUT2D eigenvalue weighted by molar-refractivity contribution is 6.30. The molecule has 2 aromatic rings. The molecular weight excluding hydrogens is 370 g/mol. The molecule has 1 atom stereocenters. The Morgan fingerprint density at radius 2 is 1.56 bits per heavy atom. The van der Waals surface area contributed by atoms with Crippen molar-refractivity contribution in [2.24, 2.45) is 0 Å². The minimum absolute atomic E-state index is 0.365. The van der Waals surface area contributed by atoms with Crippen molar-refractivity contribution in [3.8, 4) is 11.5 Å². The molecule has 1 amide bonds. The standard InChI is InChI=1S/C20H24ClNO5/c1-20(2,3)27-26-19(13-6-8-15(21)9-7-13)22-18(23)14-10-16(24-4)12-17(11-14)25-5/h6-12,19H,1-5H3,(H,22,23)/t19-/m1/s1. The van der Waals surface area contributed by atoms with Gasteiger partial charge in [-0.2, -0.15) is 0 Å². The Labute approximate surface area is 164 Å². The summed E-state index contributed by atoms with van der Waals surface area (Å²) in [6, 6.07) is 11.8. The summed E-state index contributed by atoms with van der Waals surface area (Å²) in [6.07, 6.45) is -0.828. The highest BCUT2D eigenvalue weighted by atomic mass is 35.5. The van der Waals surface area contributed by atoms with Crippen molar-refractivity contribution in [1.82, 2.24) is 5.32 Å². The van der Waals surface area contributed by atoms with Gasteiger partial charge in [0.1, 0.15) is 11.5 Å². The summed E-state index contributed by atoms with van der Waals surface area (Å²) >= 11 is 5.95. The van der Waals surface area contributed by atoms with Gasteiger partial charge < -0.3 is 14.8 Å². The molecule has 0 unspecified atom stereocenters. The third-order valence-electron chi connectivity index (χ3n) is 3.44. The summed E-state index contributed by atoms with van der Waals surface area (Å²) in [7, 11) is 3.04. The van der Waals surface area contributed by atoms with Crippen LogP contribution in [0.3, 0.4) is 0 Å². The zero-order valence-corrected chi connectivity index (χ0v) is 16.8. The first-order chi connectivity index (χ1) is 12.7. The molecule has 0 bridgehead atoms. The second-order valence-corrected chi connectivity index (χ2v) is 7.23. The number of methoxy groups -OCH3 is 2. The molecule has 146 valence electrons. The van der Waals surface area contributed by atoms with Gasteiger partial charge in [-0.05, 0) is 45.0 Å². The number of carbonyl (C=O) groups is 1.